The minimum Gasteiger partial charge on any atom is -0.481 e. The molecule has 4 heteroatoms. The van der Waals surface area contributed by atoms with E-state index in [0.717, 1.165) is 0 Å². The van der Waals surface area contributed by atoms with Crippen molar-refractivity contribution in [3.8, 4) is 0 Å². The molecule has 0 aliphatic carbocycles. The number of carboxylic acids is 2. The normalized spacial score (nSPS) is 18.2. The van der Waals surface area contributed by atoms with Gasteiger partial charge in [0.25, 0.3) is 0 Å². The van der Waals surface area contributed by atoms with E-state index in [9.17, 15) is 9.59 Å². The molecule has 0 radical (unpaired) electrons. The first-order chi connectivity index (χ1) is 5.75. The Balaban J connectivity index is 4.28. The van der Waals surface area contributed by atoms with Gasteiger partial charge in [-0.2, -0.15) is 0 Å². The van der Waals surface area contributed by atoms with Gasteiger partial charge in [0.15, 0.2) is 0 Å². The zero-order valence-corrected chi connectivity index (χ0v) is 5.20. The second-order valence-electron chi connectivity index (χ2n) is 1.82. The molecule has 0 aliphatic rings. The maximum absolute atomic E-state index is 10.4. The standard InChI is InChI=1S/C6H10O4/c1-4(6(9)10)2-3-5(7)8/h4H,2-3H2,1H3,(H,7,8)(H,9,10)/i1D3. The molecular weight excluding hydrogens is 136 g/mol. The van der Waals surface area contributed by atoms with Gasteiger partial charge >= 0.3 is 11.9 Å². The fourth-order valence-electron chi connectivity index (χ4n) is 0.391. The lowest BCUT2D eigenvalue weighted by atomic mass is 10.1. The quantitative estimate of drug-likeness (QED) is 0.612. The molecule has 0 aromatic carbocycles. The largest absolute Gasteiger partial charge is 0.481 e. The van der Waals surface area contributed by atoms with Crippen LogP contribution in [0, 0.1) is 5.92 Å². The third-order valence-electron chi connectivity index (χ3n) is 0.945. The lowest BCUT2D eigenvalue weighted by Gasteiger charge is -2.01. The molecule has 0 spiro atoms. The molecule has 4 nitrogen and oxygen atoms in total. The summed E-state index contributed by atoms with van der Waals surface area (Å²) in [4.78, 5) is 20.5. The van der Waals surface area contributed by atoms with Crippen molar-refractivity contribution in [3.63, 3.8) is 0 Å². The van der Waals surface area contributed by atoms with E-state index in [0.29, 0.717) is 0 Å². The van der Waals surface area contributed by atoms with E-state index in [4.69, 9.17) is 14.3 Å². The molecular formula is C6H10O4. The fraction of sp³-hybridized carbons (Fsp3) is 0.667. The number of aliphatic carboxylic acids is 2. The zero-order valence-electron chi connectivity index (χ0n) is 8.20. The average molecular weight is 149 g/mol. The smallest absolute Gasteiger partial charge is 0.306 e. The second-order valence-corrected chi connectivity index (χ2v) is 1.82. The van der Waals surface area contributed by atoms with Gasteiger partial charge in [-0.15, -0.1) is 0 Å². The molecule has 0 heterocycles. The Kier molecular flexibility index (Phi) is 1.82. The summed E-state index contributed by atoms with van der Waals surface area (Å²) in [7, 11) is 0. The van der Waals surface area contributed by atoms with E-state index in [-0.39, 0.29) is 6.42 Å². The van der Waals surface area contributed by atoms with Crippen LogP contribution in [0.25, 0.3) is 0 Å². The Morgan fingerprint density at radius 1 is 1.60 bits per heavy atom. The monoisotopic (exact) mass is 149 g/mol. The topological polar surface area (TPSA) is 74.6 Å². The van der Waals surface area contributed by atoms with E-state index >= 15 is 0 Å². The fourth-order valence-corrected chi connectivity index (χ4v) is 0.391. The first-order valence-corrected chi connectivity index (χ1v) is 2.69. The number of hydrogen-bond donors (Lipinski definition) is 2. The van der Waals surface area contributed by atoms with E-state index in [2.05, 4.69) is 0 Å². The lowest BCUT2D eigenvalue weighted by molar-refractivity contribution is -0.142. The van der Waals surface area contributed by atoms with E-state index in [1.807, 2.05) is 0 Å². The van der Waals surface area contributed by atoms with E-state index in [1.165, 1.54) is 0 Å². The van der Waals surface area contributed by atoms with Crippen LogP contribution in [0.15, 0.2) is 0 Å². The van der Waals surface area contributed by atoms with Crippen LogP contribution in [0.1, 0.15) is 23.8 Å². The van der Waals surface area contributed by atoms with Crippen LogP contribution in [0.2, 0.25) is 0 Å². The van der Waals surface area contributed by atoms with Crippen molar-refractivity contribution in [2.45, 2.75) is 19.7 Å². The van der Waals surface area contributed by atoms with Gasteiger partial charge < -0.3 is 10.2 Å². The molecule has 0 saturated carbocycles. The molecule has 0 aromatic heterocycles. The average Bonchev–Trinajstić information content (AvgIpc) is 1.81. The highest BCUT2D eigenvalue weighted by Gasteiger charge is 2.11. The first-order valence-electron chi connectivity index (χ1n) is 4.19. The summed E-state index contributed by atoms with van der Waals surface area (Å²) in [6.45, 7) is -2.64. The highest BCUT2D eigenvalue weighted by Crippen LogP contribution is 2.04. The number of rotatable bonds is 4. The Morgan fingerprint density at radius 3 is 2.50 bits per heavy atom. The van der Waals surface area contributed by atoms with Gasteiger partial charge in [-0.1, -0.05) is 6.85 Å². The van der Waals surface area contributed by atoms with Gasteiger partial charge in [0.2, 0.25) is 0 Å². The molecule has 0 bridgehead atoms. The first kappa shape index (κ1) is 4.71. The SMILES string of the molecule is [2H]C([2H])([2H])C(CCC(=O)O)C(=O)O. The molecule has 0 fully saturated rings. The van der Waals surface area contributed by atoms with Gasteiger partial charge in [-0.3, -0.25) is 9.59 Å². The van der Waals surface area contributed by atoms with E-state index in [1.54, 1.807) is 0 Å². The molecule has 1 atom stereocenters. The molecule has 58 valence electrons. The summed E-state index contributed by atoms with van der Waals surface area (Å²) in [6.07, 6.45) is -0.823. The highest BCUT2D eigenvalue weighted by atomic mass is 16.4. The Bertz CT molecular complexity index is 210. The molecule has 2 N–H and O–H groups in total. The predicted molar refractivity (Wildman–Crippen MR) is 33.7 cm³/mol. The van der Waals surface area contributed by atoms with Crippen LogP contribution in [0.5, 0.6) is 0 Å². The van der Waals surface area contributed by atoms with Crippen molar-refractivity contribution in [3.05, 3.63) is 0 Å². The van der Waals surface area contributed by atoms with Crippen LogP contribution < -0.4 is 0 Å². The molecule has 0 saturated heterocycles. The van der Waals surface area contributed by atoms with Gasteiger partial charge in [-0.05, 0) is 6.42 Å². The van der Waals surface area contributed by atoms with Gasteiger partial charge in [0.1, 0.15) is 0 Å². The Hall–Kier alpha value is -1.06. The molecule has 0 amide bonds. The summed E-state index contributed by atoms with van der Waals surface area (Å²) < 4.78 is 20.5. The van der Waals surface area contributed by atoms with Gasteiger partial charge in [0.05, 0.1) is 5.92 Å². The van der Waals surface area contributed by atoms with Crippen LogP contribution >= 0.6 is 0 Å². The summed E-state index contributed by atoms with van der Waals surface area (Å²) in [5, 5.41) is 16.7. The lowest BCUT2D eigenvalue weighted by Crippen LogP contribution is -2.11. The van der Waals surface area contributed by atoms with E-state index < -0.39 is 31.1 Å². The molecule has 0 aromatic rings. The Labute approximate surface area is 62.7 Å². The number of carboxylic acid groups (broad SMARTS) is 2. The Morgan fingerprint density at radius 2 is 2.20 bits per heavy atom. The van der Waals surface area contributed by atoms with Crippen molar-refractivity contribution in [2.24, 2.45) is 5.92 Å². The third kappa shape index (κ3) is 3.88. The minimum atomic E-state index is -2.64. The van der Waals surface area contributed by atoms with Crippen LogP contribution in [-0.4, -0.2) is 22.2 Å². The molecule has 0 aliphatic heterocycles. The number of carbonyl (C=O) groups is 2. The summed E-state index contributed by atoms with van der Waals surface area (Å²) >= 11 is 0. The second kappa shape index (κ2) is 3.87. The number of hydrogen-bond acceptors (Lipinski definition) is 2. The zero-order chi connectivity index (χ0) is 10.6. The maximum Gasteiger partial charge on any atom is 0.306 e. The van der Waals surface area contributed by atoms with Gasteiger partial charge in [0, 0.05) is 10.5 Å². The maximum atomic E-state index is 10.4. The molecule has 10 heavy (non-hydrogen) atoms. The summed E-state index contributed by atoms with van der Waals surface area (Å²) in [6, 6.07) is 0. The van der Waals surface area contributed by atoms with Crippen molar-refractivity contribution in [1.29, 1.82) is 0 Å². The van der Waals surface area contributed by atoms with Crippen molar-refractivity contribution < 1.29 is 23.9 Å². The van der Waals surface area contributed by atoms with Crippen LogP contribution in [0.3, 0.4) is 0 Å². The molecule has 1 unspecified atom stereocenters. The minimum absolute atomic E-state index is 0.374. The summed E-state index contributed by atoms with van der Waals surface area (Å²) in [5.41, 5.74) is 0. The van der Waals surface area contributed by atoms with Crippen molar-refractivity contribution in [1.82, 2.24) is 0 Å². The highest BCUT2D eigenvalue weighted by molar-refractivity contribution is 5.71. The molecule has 0 rings (SSSR count). The van der Waals surface area contributed by atoms with Crippen LogP contribution in [0.4, 0.5) is 0 Å². The van der Waals surface area contributed by atoms with Crippen LogP contribution in [-0.2, 0) is 9.59 Å². The van der Waals surface area contributed by atoms with Crippen molar-refractivity contribution in [2.75, 3.05) is 0 Å². The summed E-state index contributed by atoms with van der Waals surface area (Å²) in [5.74, 6) is -4.28. The van der Waals surface area contributed by atoms with Crippen molar-refractivity contribution >= 4 is 11.9 Å². The predicted octanol–water partition coefficient (Wildman–Crippen LogP) is 0.572. The van der Waals surface area contributed by atoms with Gasteiger partial charge in [-0.25, -0.2) is 0 Å². The third-order valence-corrected chi connectivity index (χ3v) is 0.945.